The van der Waals surface area contributed by atoms with Gasteiger partial charge in [0.05, 0.1) is 19.7 Å². The summed E-state index contributed by atoms with van der Waals surface area (Å²) < 4.78 is 25.3. The Morgan fingerprint density at radius 2 is 2.00 bits per heavy atom. The van der Waals surface area contributed by atoms with Crippen LogP contribution in [-0.2, 0) is 9.53 Å². The van der Waals surface area contributed by atoms with Gasteiger partial charge in [-0.15, -0.1) is 0 Å². The van der Waals surface area contributed by atoms with Crippen LogP contribution in [0.4, 0.5) is 4.39 Å². The third-order valence-corrected chi connectivity index (χ3v) is 3.61. The average molecular weight is 314 g/mol. The number of halogens is 1. The van der Waals surface area contributed by atoms with E-state index in [1.165, 1.54) is 37.1 Å². The number of fused-ring (bicyclic) bond motifs is 1. The zero-order valence-corrected chi connectivity index (χ0v) is 12.7. The average Bonchev–Trinajstić information content (AvgIpc) is 2.98. The molecule has 0 bridgehead atoms. The second-order valence-electron chi connectivity index (χ2n) is 4.98. The maximum absolute atomic E-state index is 13.7. The fraction of sp³-hybridized carbons (Fsp3) is 0.176. The van der Waals surface area contributed by atoms with Crippen molar-refractivity contribution >= 4 is 16.9 Å². The number of esters is 1. The summed E-state index contributed by atoms with van der Waals surface area (Å²) in [6.07, 6.45) is 1.72. The zero-order valence-electron chi connectivity index (χ0n) is 12.7. The fourth-order valence-electron chi connectivity index (χ4n) is 2.52. The van der Waals surface area contributed by atoms with Crippen LogP contribution in [0, 0.1) is 5.82 Å². The van der Waals surface area contributed by atoms with E-state index in [4.69, 9.17) is 9.47 Å². The monoisotopic (exact) mass is 314 g/mol. The number of ether oxygens (including phenoxy) is 2. The van der Waals surface area contributed by atoms with Crippen LogP contribution >= 0.6 is 0 Å². The zero-order chi connectivity index (χ0) is 16.4. The number of benzene rings is 2. The maximum Gasteiger partial charge on any atom is 0.335 e. The van der Waals surface area contributed by atoms with Gasteiger partial charge in [-0.2, -0.15) is 5.10 Å². The number of methoxy groups -OCH3 is 2. The van der Waals surface area contributed by atoms with Crippen LogP contribution in [0.3, 0.4) is 0 Å². The SMILES string of the molecule is COC(=O)[C@@H](c1cc(F)ccc1OC)n1cc2ccccc2n1. The lowest BCUT2D eigenvalue weighted by Gasteiger charge is -2.18. The van der Waals surface area contributed by atoms with Gasteiger partial charge in [0.15, 0.2) is 6.04 Å². The molecule has 3 aromatic rings. The first kappa shape index (κ1) is 15.0. The van der Waals surface area contributed by atoms with Crippen LogP contribution in [0.5, 0.6) is 5.75 Å². The number of nitrogens with zero attached hydrogens (tertiary/aromatic N) is 2. The largest absolute Gasteiger partial charge is 0.496 e. The Bertz CT molecular complexity index is 827. The van der Waals surface area contributed by atoms with Crippen molar-refractivity contribution < 1.29 is 18.7 Å². The fourth-order valence-corrected chi connectivity index (χ4v) is 2.52. The maximum atomic E-state index is 13.7. The van der Waals surface area contributed by atoms with E-state index >= 15 is 0 Å². The first-order chi connectivity index (χ1) is 11.1. The van der Waals surface area contributed by atoms with Crippen molar-refractivity contribution in [3.05, 3.63) is 60.0 Å². The third-order valence-electron chi connectivity index (χ3n) is 3.61. The standard InChI is InChI=1S/C17H15FN2O3/c1-22-15-8-7-12(18)9-13(15)16(17(21)23-2)20-10-11-5-3-4-6-14(11)19-20/h3-10,16H,1-2H3/t16-/m1/s1. The third kappa shape index (κ3) is 2.75. The molecule has 6 heteroatoms. The van der Waals surface area contributed by atoms with Crippen molar-refractivity contribution in [2.45, 2.75) is 6.04 Å². The van der Waals surface area contributed by atoms with E-state index < -0.39 is 17.8 Å². The molecule has 0 unspecified atom stereocenters. The van der Waals surface area contributed by atoms with Crippen LogP contribution in [0.1, 0.15) is 11.6 Å². The van der Waals surface area contributed by atoms with E-state index in [0.29, 0.717) is 11.3 Å². The number of rotatable bonds is 4. The molecule has 0 fully saturated rings. The Morgan fingerprint density at radius 3 is 2.70 bits per heavy atom. The van der Waals surface area contributed by atoms with E-state index in [-0.39, 0.29) is 0 Å². The summed E-state index contributed by atoms with van der Waals surface area (Å²) in [6, 6.07) is 10.5. The minimum absolute atomic E-state index is 0.354. The summed E-state index contributed by atoms with van der Waals surface area (Å²) in [5.41, 5.74) is 1.09. The van der Waals surface area contributed by atoms with E-state index in [0.717, 1.165) is 10.9 Å². The Morgan fingerprint density at radius 1 is 1.22 bits per heavy atom. The van der Waals surface area contributed by atoms with Gasteiger partial charge >= 0.3 is 5.97 Å². The van der Waals surface area contributed by atoms with Gasteiger partial charge in [0.25, 0.3) is 0 Å². The molecule has 0 radical (unpaired) electrons. The number of carbonyl (C=O) groups excluding carboxylic acids is 1. The molecule has 2 aromatic carbocycles. The van der Waals surface area contributed by atoms with Gasteiger partial charge in [-0.3, -0.25) is 4.68 Å². The molecule has 0 N–H and O–H groups in total. The highest BCUT2D eigenvalue weighted by Gasteiger charge is 2.28. The molecule has 5 nitrogen and oxygen atoms in total. The van der Waals surface area contributed by atoms with Crippen LogP contribution in [0.25, 0.3) is 10.9 Å². The smallest absolute Gasteiger partial charge is 0.335 e. The number of hydrogen-bond acceptors (Lipinski definition) is 4. The van der Waals surface area contributed by atoms with E-state index in [1.54, 1.807) is 6.20 Å². The predicted molar refractivity (Wildman–Crippen MR) is 82.8 cm³/mol. The molecule has 0 spiro atoms. The molecule has 1 aromatic heterocycles. The first-order valence-corrected chi connectivity index (χ1v) is 6.99. The van der Waals surface area contributed by atoms with Gasteiger partial charge in [0.1, 0.15) is 11.6 Å². The van der Waals surface area contributed by atoms with E-state index in [9.17, 15) is 9.18 Å². The summed E-state index contributed by atoms with van der Waals surface area (Å²) in [7, 11) is 2.75. The Balaban J connectivity index is 2.19. The van der Waals surface area contributed by atoms with Gasteiger partial charge in [-0.05, 0) is 24.3 Å². The number of carbonyl (C=O) groups is 1. The highest BCUT2D eigenvalue weighted by atomic mass is 19.1. The molecule has 1 heterocycles. The molecule has 23 heavy (non-hydrogen) atoms. The Labute approximate surface area is 132 Å². The van der Waals surface area contributed by atoms with E-state index in [2.05, 4.69) is 5.10 Å². The minimum atomic E-state index is -0.932. The Hall–Kier alpha value is -2.89. The van der Waals surface area contributed by atoms with E-state index in [1.807, 2.05) is 24.3 Å². The van der Waals surface area contributed by atoms with Crippen molar-refractivity contribution in [2.24, 2.45) is 0 Å². The molecule has 0 aliphatic rings. The summed E-state index contributed by atoms with van der Waals surface area (Å²) in [6.45, 7) is 0. The minimum Gasteiger partial charge on any atom is -0.496 e. The number of hydrogen-bond donors (Lipinski definition) is 0. The molecule has 0 saturated carbocycles. The van der Waals surface area contributed by atoms with Gasteiger partial charge < -0.3 is 9.47 Å². The highest BCUT2D eigenvalue weighted by Crippen LogP contribution is 2.30. The second-order valence-corrected chi connectivity index (χ2v) is 4.98. The molecular weight excluding hydrogens is 299 g/mol. The van der Waals surface area contributed by atoms with Crippen molar-refractivity contribution in [1.82, 2.24) is 9.78 Å². The second kappa shape index (κ2) is 6.08. The van der Waals surface area contributed by atoms with Gasteiger partial charge in [0.2, 0.25) is 0 Å². The quantitative estimate of drug-likeness (QED) is 0.695. The number of aromatic nitrogens is 2. The van der Waals surface area contributed by atoms with Crippen molar-refractivity contribution in [2.75, 3.05) is 14.2 Å². The molecule has 3 rings (SSSR count). The van der Waals surface area contributed by atoms with Crippen LogP contribution < -0.4 is 4.74 Å². The highest BCUT2D eigenvalue weighted by molar-refractivity contribution is 5.82. The molecule has 0 saturated heterocycles. The lowest BCUT2D eigenvalue weighted by Crippen LogP contribution is -2.23. The summed E-state index contributed by atoms with van der Waals surface area (Å²) >= 11 is 0. The summed E-state index contributed by atoms with van der Waals surface area (Å²) in [4.78, 5) is 12.3. The van der Waals surface area contributed by atoms with Crippen LogP contribution in [-0.4, -0.2) is 30.0 Å². The van der Waals surface area contributed by atoms with Crippen molar-refractivity contribution in [3.8, 4) is 5.75 Å². The van der Waals surface area contributed by atoms with Crippen molar-refractivity contribution in [3.63, 3.8) is 0 Å². The molecular formula is C17H15FN2O3. The summed E-state index contributed by atoms with van der Waals surface area (Å²) in [5.74, 6) is -0.630. The first-order valence-electron chi connectivity index (χ1n) is 6.99. The lowest BCUT2D eigenvalue weighted by atomic mass is 10.1. The Kier molecular flexibility index (Phi) is 3.97. The van der Waals surface area contributed by atoms with Crippen LogP contribution in [0.15, 0.2) is 48.7 Å². The molecule has 1 atom stereocenters. The normalized spacial score (nSPS) is 12.1. The topological polar surface area (TPSA) is 53.4 Å². The molecule has 0 amide bonds. The molecule has 0 aliphatic carbocycles. The van der Waals surface area contributed by atoms with Gasteiger partial charge in [-0.25, -0.2) is 9.18 Å². The van der Waals surface area contributed by atoms with Gasteiger partial charge in [0, 0.05) is 17.1 Å². The molecule has 0 aliphatic heterocycles. The lowest BCUT2D eigenvalue weighted by molar-refractivity contribution is -0.143. The van der Waals surface area contributed by atoms with Gasteiger partial charge in [-0.1, -0.05) is 18.2 Å². The predicted octanol–water partition coefficient (Wildman–Crippen LogP) is 2.95. The summed E-state index contributed by atoms with van der Waals surface area (Å²) in [5, 5.41) is 5.27. The van der Waals surface area contributed by atoms with Crippen molar-refractivity contribution in [1.29, 1.82) is 0 Å². The molecule has 118 valence electrons. The van der Waals surface area contributed by atoms with Crippen LogP contribution in [0.2, 0.25) is 0 Å².